The van der Waals surface area contributed by atoms with Crippen LogP contribution in [0.5, 0.6) is 0 Å². The number of allylic oxidation sites excluding steroid dienone is 1. The molecule has 0 atom stereocenters. The van der Waals surface area contributed by atoms with E-state index in [2.05, 4.69) is 29.6 Å². The van der Waals surface area contributed by atoms with Crippen LogP contribution < -0.4 is 5.32 Å². The molecule has 0 radical (unpaired) electrons. The summed E-state index contributed by atoms with van der Waals surface area (Å²) < 4.78 is 2.21. The zero-order chi connectivity index (χ0) is 13.7. The Balaban J connectivity index is 1.61. The SMILES string of the molecule is C=CCn1cc(C)nc1NC12CC3CC(CC(C3)C1)C2. The lowest BCUT2D eigenvalue weighted by Gasteiger charge is -2.57. The van der Waals surface area contributed by atoms with E-state index in [0.29, 0.717) is 5.54 Å². The van der Waals surface area contributed by atoms with Crippen molar-refractivity contribution in [2.45, 2.75) is 57.5 Å². The van der Waals surface area contributed by atoms with E-state index >= 15 is 0 Å². The largest absolute Gasteiger partial charge is 0.350 e. The van der Waals surface area contributed by atoms with Crippen LogP contribution in [0.4, 0.5) is 5.95 Å². The number of nitrogens with zero attached hydrogens (tertiary/aromatic N) is 2. The van der Waals surface area contributed by atoms with E-state index in [1.165, 1.54) is 38.5 Å². The summed E-state index contributed by atoms with van der Waals surface area (Å²) in [5, 5.41) is 3.86. The highest BCUT2D eigenvalue weighted by Gasteiger charge is 2.51. The Morgan fingerprint density at radius 2 is 1.90 bits per heavy atom. The first-order valence-electron chi connectivity index (χ1n) is 8.09. The molecule has 4 saturated carbocycles. The van der Waals surface area contributed by atoms with Gasteiger partial charge in [0.2, 0.25) is 5.95 Å². The van der Waals surface area contributed by atoms with Gasteiger partial charge in [0, 0.05) is 18.3 Å². The highest BCUT2D eigenvalue weighted by Crippen LogP contribution is 2.56. The second-order valence-corrected chi connectivity index (χ2v) is 7.47. The van der Waals surface area contributed by atoms with Crippen molar-refractivity contribution >= 4 is 5.95 Å². The van der Waals surface area contributed by atoms with Crippen LogP contribution in [0.3, 0.4) is 0 Å². The lowest BCUT2D eigenvalue weighted by atomic mass is 9.53. The standard InChI is InChI=1S/C17H25N3/c1-3-4-20-11-12(2)18-16(20)19-17-8-13-5-14(9-17)7-15(6-13)10-17/h3,11,13-15H,1,4-10H2,2H3,(H,18,19). The summed E-state index contributed by atoms with van der Waals surface area (Å²) >= 11 is 0. The van der Waals surface area contributed by atoms with Gasteiger partial charge in [0.1, 0.15) is 0 Å². The number of hydrogen-bond donors (Lipinski definition) is 1. The van der Waals surface area contributed by atoms with Gasteiger partial charge < -0.3 is 9.88 Å². The van der Waals surface area contributed by atoms with Gasteiger partial charge in [-0.3, -0.25) is 0 Å². The van der Waals surface area contributed by atoms with Gasteiger partial charge in [-0.25, -0.2) is 4.98 Å². The minimum absolute atomic E-state index is 0.339. The number of aryl methyl sites for hydroxylation is 1. The van der Waals surface area contributed by atoms with E-state index in [1.54, 1.807) is 0 Å². The van der Waals surface area contributed by atoms with Crippen molar-refractivity contribution in [3.63, 3.8) is 0 Å². The molecule has 3 nitrogen and oxygen atoms in total. The van der Waals surface area contributed by atoms with Crippen molar-refractivity contribution in [2.75, 3.05) is 5.32 Å². The van der Waals surface area contributed by atoms with Crippen molar-refractivity contribution in [1.82, 2.24) is 9.55 Å². The first-order valence-corrected chi connectivity index (χ1v) is 8.09. The number of rotatable bonds is 4. The molecule has 0 aliphatic heterocycles. The zero-order valence-electron chi connectivity index (χ0n) is 12.4. The monoisotopic (exact) mass is 271 g/mol. The first kappa shape index (κ1) is 12.5. The molecule has 1 N–H and O–H groups in total. The van der Waals surface area contributed by atoms with Crippen LogP contribution in [0.25, 0.3) is 0 Å². The molecular weight excluding hydrogens is 246 g/mol. The fourth-order valence-corrected chi connectivity index (χ4v) is 5.43. The summed E-state index contributed by atoms with van der Waals surface area (Å²) in [6.45, 7) is 6.77. The third-order valence-electron chi connectivity index (χ3n) is 5.64. The quantitative estimate of drug-likeness (QED) is 0.845. The van der Waals surface area contributed by atoms with Gasteiger partial charge in [0.15, 0.2) is 0 Å². The first-order chi connectivity index (χ1) is 9.66. The normalized spacial score (nSPS) is 38.1. The molecule has 1 aromatic rings. The Labute approximate surface area is 121 Å². The molecule has 0 aromatic carbocycles. The zero-order valence-corrected chi connectivity index (χ0v) is 12.4. The number of anilines is 1. The second kappa shape index (κ2) is 4.37. The fraction of sp³-hybridized carbons (Fsp3) is 0.706. The molecule has 4 fully saturated rings. The topological polar surface area (TPSA) is 29.9 Å². The van der Waals surface area contributed by atoms with Crippen LogP contribution >= 0.6 is 0 Å². The van der Waals surface area contributed by atoms with Crippen LogP contribution in [0.1, 0.15) is 44.2 Å². The summed E-state index contributed by atoms with van der Waals surface area (Å²) in [6.07, 6.45) is 12.6. The number of nitrogens with one attached hydrogen (secondary N) is 1. The molecule has 1 aromatic heterocycles. The maximum Gasteiger partial charge on any atom is 0.203 e. The van der Waals surface area contributed by atoms with Crippen molar-refractivity contribution < 1.29 is 0 Å². The Bertz CT molecular complexity index is 493. The third-order valence-corrected chi connectivity index (χ3v) is 5.64. The summed E-state index contributed by atoms with van der Waals surface area (Å²) in [6, 6.07) is 0. The molecule has 1 heterocycles. The van der Waals surface area contributed by atoms with Crippen molar-refractivity contribution in [3.8, 4) is 0 Å². The molecule has 0 unspecified atom stereocenters. The number of hydrogen-bond acceptors (Lipinski definition) is 2. The lowest BCUT2D eigenvalue weighted by Crippen LogP contribution is -2.55. The minimum Gasteiger partial charge on any atom is -0.350 e. The summed E-state index contributed by atoms with van der Waals surface area (Å²) in [4.78, 5) is 4.71. The molecule has 4 aliphatic carbocycles. The van der Waals surface area contributed by atoms with Gasteiger partial charge in [0.25, 0.3) is 0 Å². The van der Waals surface area contributed by atoms with E-state index in [4.69, 9.17) is 4.98 Å². The van der Waals surface area contributed by atoms with E-state index in [-0.39, 0.29) is 0 Å². The van der Waals surface area contributed by atoms with Gasteiger partial charge in [-0.1, -0.05) is 6.08 Å². The highest BCUT2D eigenvalue weighted by atomic mass is 15.2. The molecule has 0 spiro atoms. The second-order valence-electron chi connectivity index (χ2n) is 7.47. The minimum atomic E-state index is 0.339. The van der Waals surface area contributed by atoms with E-state index in [1.807, 2.05) is 6.08 Å². The Hall–Kier alpha value is -1.25. The average Bonchev–Trinajstić information content (AvgIpc) is 2.67. The third kappa shape index (κ3) is 1.99. The molecule has 4 bridgehead atoms. The van der Waals surface area contributed by atoms with Gasteiger partial charge in [-0.05, 0) is 63.2 Å². The Kier molecular flexibility index (Phi) is 2.73. The Morgan fingerprint density at radius 1 is 1.30 bits per heavy atom. The lowest BCUT2D eigenvalue weighted by molar-refractivity contribution is 0.0102. The molecule has 108 valence electrons. The predicted molar refractivity (Wildman–Crippen MR) is 81.7 cm³/mol. The van der Waals surface area contributed by atoms with E-state index in [9.17, 15) is 0 Å². The van der Waals surface area contributed by atoms with Crippen LogP contribution in [-0.4, -0.2) is 15.1 Å². The molecule has 5 rings (SSSR count). The van der Waals surface area contributed by atoms with Gasteiger partial charge in [-0.2, -0.15) is 0 Å². The summed E-state index contributed by atoms with van der Waals surface area (Å²) in [5.41, 5.74) is 1.44. The number of aromatic nitrogens is 2. The van der Waals surface area contributed by atoms with Crippen LogP contribution in [0.2, 0.25) is 0 Å². The molecule has 3 heteroatoms. The molecule has 20 heavy (non-hydrogen) atoms. The average molecular weight is 271 g/mol. The number of imidazole rings is 1. The van der Waals surface area contributed by atoms with Gasteiger partial charge in [0.05, 0.1) is 5.69 Å². The predicted octanol–water partition coefficient (Wildman–Crippen LogP) is 3.76. The highest BCUT2D eigenvalue weighted by molar-refractivity contribution is 5.35. The van der Waals surface area contributed by atoms with Gasteiger partial charge >= 0.3 is 0 Å². The van der Waals surface area contributed by atoms with E-state index in [0.717, 1.165) is 35.9 Å². The maximum atomic E-state index is 4.71. The fourth-order valence-electron chi connectivity index (χ4n) is 5.43. The summed E-state index contributed by atoms with van der Waals surface area (Å²) in [7, 11) is 0. The van der Waals surface area contributed by atoms with Crippen LogP contribution in [0, 0.1) is 24.7 Å². The van der Waals surface area contributed by atoms with Crippen LogP contribution in [0.15, 0.2) is 18.9 Å². The molecule has 0 saturated heterocycles. The Morgan fingerprint density at radius 3 is 2.45 bits per heavy atom. The molecule has 0 amide bonds. The van der Waals surface area contributed by atoms with Crippen LogP contribution in [-0.2, 0) is 6.54 Å². The van der Waals surface area contributed by atoms with Crippen molar-refractivity contribution in [3.05, 3.63) is 24.5 Å². The van der Waals surface area contributed by atoms with Crippen molar-refractivity contribution in [1.29, 1.82) is 0 Å². The van der Waals surface area contributed by atoms with Crippen molar-refractivity contribution in [2.24, 2.45) is 17.8 Å². The van der Waals surface area contributed by atoms with E-state index < -0.39 is 0 Å². The van der Waals surface area contributed by atoms with Gasteiger partial charge in [-0.15, -0.1) is 6.58 Å². The molecular formula is C17H25N3. The molecule has 4 aliphatic rings. The smallest absolute Gasteiger partial charge is 0.203 e. The summed E-state index contributed by atoms with van der Waals surface area (Å²) in [5.74, 6) is 3.97. The maximum absolute atomic E-state index is 4.71.